The van der Waals surface area contributed by atoms with E-state index in [4.69, 9.17) is 9.47 Å². The summed E-state index contributed by atoms with van der Waals surface area (Å²) in [6, 6.07) is 13.6. The van der Waals surface area contributed by atoms with Crippen LogP contribution in [0.15, 0.2) is 58.6 Å². The summed E-state index contributed by atoms with van der Waals surface area (Å²) in [6.07, 6.45) is 0.720. The third-order valence-corrected chi connectivity index (χ3v) is 6.59. The molecule has 1 N–H and O–H groups in total. The zero-order valence-electron chi connectivity index (χ0n) is 18.5. The van der Waals surface area contributed by atoms with Crippen LogP contribution in [0.25, 0.3) is 5.76 Å². The van der Waals surface area contributed by atoms with Crippen molar-refractivity contribution >= 4 is 33.4 Å². The molecule has 0 aliphatic carbocycles. The van der Waals surface area contributed by atoms with Crippen molar-refractivity contribution in [3.63, 3.8) is 0 Å². The van der Waals surface area contributed by atoms with Crippen molar-refractivity contribution in [3.05, 3.63) is 69.7 Å². The van der Waals surface area contributed by atoms with E-state index in [0.717, 1.165) is 36.1 Å². The van der Waals surface area contributed by atoms with Gasteiger partial charge in [0.25, 0.3) is 11.7 Å². The zero-order valence-corrected chi connectivity index (χ0v) is 20.1. The average molecular weight is 515 g/mol. The Bertz CT molecular complexity index is 1030. The molecule has 2 aliphatic heterocycles. The van der Waals surface area contributed by atoms with Gasteiger partial charge in [-0.1, -0.05) is 40.2 Å². The molecule has 0 spiro atoms. The van der Waals surface area contributed by atoms with Crippen LogP contribution >= 0.6 is 15.9 Å². The molecule has 174 valence electrons. The third-order valence-electron chi connectivity index (χ3n) is 6.07. The highest BCUT2D eigenvalue weighted by molar-refractivity contribution is 9.10. The molecule has 1 amide bonds. The van der Waals surface area contributed by atoms with E-state index >= 15 is 0 Å². The highest BCUT2D eigenvalue weighted by atomic mass is 79.9. The van der Waals surface area contributed by atoms with Crippen molar-refractivity contribution in [3.8, 4) is 5.75 Å². The van der Waals surface area contributed by atoms with Gasteiger partial charge in [-0.3, -0.25) is 14.5 Å². The number of carbonyl (C=O) groups is 2. The Hall–Kier alpha value is -2.68. The first-order valence-corrected chi connectivity index (χ1v) is 11.8. The van der Waals surface area contributed by atoms with E-state index in [0.29, 0.717) is 31.1 Å². The summed E-state index contributed by atoms with van der Waals surface area (Å²) in [5, 5.41) is 11.1. The Kier molecular flexibility index (Phi) is 7.47. The standard InChI is InChI=1S/C25H27BrN2O5/c1-32-20-9-5-17(6-10-20)22-21(23(29)18-3-7-19(26)8-4-18)24(30)25(31)28(22)12-2-11-27-13-15-33-16-14-27/h3-10,22,29H,2,11-16H2,1H3/b23-21+/t22-/m1/s1. The first-order valence-electron chi connectivity index (χ1n) is 11.0. The Labute approximate surface area is 201 Å². The van der Waals surface area contributed by atoms with Gasteiger partial charge >= 0.3 is 0 Å². The van der Waals surface area contributed by atoms with E-state index in [1.165, 1.54) is 0 Å². The molecule has 7 nitrogen and oxygen atoms in total. The quantitative estimate of drug-likeness (QED) is 0.345. The second kappa shape index (κ2) is 10.5. The molecule has 2 aromatic rings. The number of halogens is 1. The number of Topliss-reactive ketones (excluding diaryl/α,β-unsaturated/α-hetero) is 1. The number of rotatable bonds is 7. The van der Waals surface area contributed by atoms with E-state index < -0.39 is 17.7 Å². The summed E-state index contributed by atoms with van der Waals surface area (Å²) in [7, 11) is 1.58. The van der Waals surface area contributed by atoms with Gasteiger partial charge in [0.1, 0.15) is 11.5 Å². The molecule has 0 unspecified atom stereocenters. The first kappa shape index (κ1) is 23.5. The molecule has 8 heteroatoms. The lowest BCUT2D eigenvalue weighted by atomic mass is 9.95. The van der Waals surface area contributed by atoms with E-state index in [9.17, 15) is 14.7 Å². The van der Waals surface area contributed by atoms with E-state index in [-0.39, 0.29) is 11.3 Å². The Balaban J connectivity index is 1.66. The molecule has 2 aromatic carbocycles. The minimum absolute atomic E-state index is 0.110. The number of likely N-dealkylation sites (tertiary alicyclic amines) is 1. The lowest BCUT2D eigenvalue weighted by Crippen LogP contribution is -2.38. The zero-order chi connectivity index (χ0) is 23.4. The van der Waals surface area contributed by atoms with E-state index in [1.807, 2.05) is 12.1 Å². The first-order chi connectivity index (χ1) is 16.0. The Morgan fingerprint density at radius 1 is 1.06 bits per heavy atom. The van der Waals surface area contributed by atoms with Crippen LogP contribution in [0.1, 0.15) is 23.6 Å². The van der Waals surface area contributed by atoms with Gasteiger partial charge in [0, 0.05) is 36.2 Å². The number of carbonyl (C=O) groups excluding carboxylic acids is 2. The molecule has 0 aromatic heterocycles. The van der Waals surface area contributed by atoms with Crippen LogP contribution in [0, 0.1) is 0 Å². The molecule has 4 rings (SSSR count). The van der Waals surface area contributed by atoms with Crippen molar-refractivity contribution in [2.24, 2.45) is 0 Å². The second-order valence-electron chi connectivity index (χ2n) is 8.08. The number of hydrogen-bond donors (Lipinski definition) is 1. The predicted octanol–water partition coefficient (Wildman–Crippen LogP) is 3.60. The molecule has 2 heterocycles. The maximum Gasteiger partial charge on any atom is 0.295 e. The maximum atomic E-state index is 13.1. The van der Waals surface area contributed by atoms with Gasteiger partial charge in [-0.25, -0.2) is 0 Å². The van der Waals surface area contributed by atoms with Crippen LogP contribution in [-0.2, 0) is 14.3 Å². The molecular weight excluding hydrogens is 488 g/mol. The molecule has 2 saturated heterocycles. The monoisotopic (exact) mass is 514 g/mol. The SMILES string of the molecule is COc1ccc([C@@H]2/C(=C(\O)c3ccc(Br)cc3)C(=O)C(=O)N2CCCN2CCOCC2)cc1. The molecule has 1 atom stereocenters. The lowest BCUT2D eigenvalue weighted by Gasteiger charge is -2.29. The van der Waals surface area contributed by atoms with Crippen LogP contribution in [-0.4, -0.2) is 73.1 Å². The van der Waals surface area contributed by atoms with E-state index in [1.54, 1.807) is 48.4 Å². The normalized spacial score (nSPS) is 20.9. The third kappa shape index (κ3) is 5.13. The van der Waals surface area contributed by atoms with Crippen LogP contribution in [0.2, 0.25) is 0 Å². The summed E-state index contributed by atoms with van der Waals surface area (Å²) >= 11 is 3.38. The van der Waals surface area contributed by atoms with Crippen LogP contribution in [0.4, 0.5) is 0 Å². The number of benzene rings is 2. The van der Waals surface area contributed by atoms with Gasteiger partial charge in [0.05, 0.1) is 31.9 Å². The highest BCUT2D eigenvalue weighted by Gasteiger charge is 2.45. The molecule has 0 radical (unpaired) electrons. The number of ether oxygens (including phenoxy) is 2. The summed E-state index contributed by atoms with van der Waals surface area (Å²) in [5.74, 6) is -0.743. The van der Waals surface area contributed by atoms with Gasteiger partial charge in [0.2, 0.25) is 0 Å². The van der Waals surface area contributed by atoms with Crippen LogP contribution in [0.3, 0.4) is 0 Å². The van der Waals surface area contributed by atoms with Gasteiger partial charge in [0.15, 0.2) is 0 Å². The fourth-order valence-corrected chi connectivity index (χ4v) is 4.56. The summed E-state index contributed by atoms with van der Waals surface area (Å²) in [6.45, 7) is 4.38. The van der Waals surface area contributed by atoms with Crippen molar-refractivity contribution in [2.45, 2.75) is 12.5 Å². The summed E-state index contributed by atoms with van der Waals surface area (Å²) < 4.78 is 11.5. The van der Waals surface area contributed by atoms with Gasteiger partial charge in [-0.15, -0.1) is 0 Å². The Morgan fingerprint density at radius 3 is 2.36 bits per heavy atom. The number of nitrogens with zero attached hydrogens (tertiary/aromatic N) is 2. The predicted molar refractivity (Wildman–Crippen MR) is 128 cm³/mol. The number of ketones is 1. The number of methoxy groups -OCH3 is 1. The minimum Gasteiger partial charge on any atom is -0.507 e. The Morgan fingerprint density at radius 2 is 1.73 bits per heavy atom. The van der Waals surface area contributed by atoms with Gasteiger partial charge in [-0.2, -0.15) is 0 Å². The molecule has 2 aliphatic rings. The molecular formula is C25H27BrN2O5. The summed E-state index contributed by atoms with van der Waals surface area (Å²) in [5.41, 5.74) is 1.35. The van der Waals surface area contributed by atoms with Crippen LogP contribution in [0.5, 0.6) is 5.75 Å². The number of aliphatic hydroxyl groups is 1. The minimum atomic E-state index is -0.664. The lowest BCUT2D eigenvalue weighted by molar-refractivity contribution is -0.140. The average Bonchev–Trinajstić information content (AvgIpc) is 3.10. The molecule has 2 fully saturated rings. The van der Waals surface area contributed by atoms with Crippen molar-refractivity contribution in [1.82, 2.24) is 9.80 Å². The van der Waals surface area contributed by atoms with Crippen molar-refractivity contribution in [2.75, 3.05) is 46.5 Å². The fourth-order valence-electron chi connectivity index (χ4n) is 4.30. The number of aliphatic hydroxyl groups excluding tert-OH is 1. The number of amides is 1. The van der Waals surface area contributed by atoms with E-state index in [2.05, 4.69) is 20.8 Å². The summed E-state index contributed by atoms with van der Waals surface area (Å²) in [4.78, 5) is 30.0. The van der Waals surface area contributed by atoms with Gasteiger partial charge in [-0.05, 0) is 36.2 Å². The second-order valence-corrected chi connectivity index (χ2v) is 9.00. The van der Waals surface area contributed by atoms with Crippen molar-refractivity contribution in [1.29, 1.82) is 0 Å². The number of hydrogen-bond acceptors (Lipinski definition) is 6. The smallest absolute Gasteiger partial charge is 0.295 e. The highest BCUT2D eigenvalue weighted by Crippen LogP contribution is 2.40. The maximum absolute atomic E-state index is 13.1. The molecule has 0 bridgehead atoms. The largest absolute Gasteiger partial charge is 0.507 e. The molecule has 0 saturated carbocycles. The van der Waals surface area contributed by atoms with Crippen molar-refractivity contribution < 1.29 is 24.2 Å². The fraction of sp³-hybridized carbons (Fsp3) is 0.360. The molecule has 33 heavy (non-hydrogen) atoms. The number of morpholine rings is 1. The topological polar surface area (TPSA) is 79.3 Å². The van der Waals surface area contributed by atoms with Gasteiger partial charge < -0.3 is 19.5 Å². The van der Waals surface area contributed by atoms with Crippen LogP contribution < -0.4 is 4.74 Å².